The third-order valence-corrected chi connectivity index (χ3v) is 3.25. The van der Waals surface area contributed by atoms with Crippen molar-refractivity contribution in [2.75, 3.05) is 6.54 Å². The van der Waals surface area contributed by atoms with Crippen LogP contribution in [0.2, 0.25) is 0 Å². The van der Waals surface area contributed by atoms with Crippen molar-refractivity contribution >= 4 is 23.6 Å². The van der Waals surface area contributed by atoms with E-state index in [1.165, 1.54) is 11.8 Å². The highest BCUT2D eigenvalue weighted by Gasteiger charge is 2.29. The molecule has 1 amide bonds. The summed E-state index contributed by atoms with van der Waals surface area (Å²) in [5, 5.41) is 0. The first-order valence-electron chi connectivity index (χ1n) is 5.56. The zero-order chi connectivity index (χ0) is 12.6. The molecule has 0 saturated carbocycles. The van der Waals surface area contributed by atoms with Gasteiger partial charge in [0.05, 0.1) is 5.71 Å². The molecule has 0 aromatic heterocycles. The second-order valence-electron chi connectivity index (χ2n) is 5.00. The van der Waals surface area contributed by atoms with Crippen molar-refractivity contribution in [3.05, 3.63) is 11.1 Å². The van der Waals surface area contributed by atoms with Gasteiger partial charge in [-0.05, 0) is 20.8 Å². The summed E-state index contributed by atoms with van der Waals surface area (Å²) in [6, 6.07) is 0. The Labute approximate surface area is 105 Å². The van der Waals surface area contributed by atoms with Crippen LogP contribution in [0.5, 0.6) is 0 Å². The molecule has 2 N–H and O–H groups in total. The zero-order valence-corrected chi connectivity index (χ0v) is 11.1. The number of rotatable bonds is 0. The van der Waals surface area contributed by atoms with Crippen molar-refractivity contribution < 1.29 is 9.53 Å². The first-order chi connectivity index (χ1) is 7.85. The Hall–Kier alpha value is -1.01. The van der Waals surface area contributed by atoms with Crippen molar-refractivity contribution in [2.24, 2.45) is 10.7 Å². The summed E-state index contributed by atoms with van der Waals surface area (Å²) >= 11 is 1.47. The van der Waals surface area contributed by atoms with Crippen molar-refractivity contribution in [3.8, 4) is 0 Å². The van der Waals surface area contributed by atoms with Gasteiger partial charge in [0.25, 0.3) is 0 Å². The Morgan fingerprint density at radius 2 is 2.35 bits per heavy atom. The zero-order valence-electron chi connectivity index (χ0n) is 10.3. The van der Waals surface area contributed by atoms with Gasteiger partial charge in [-0.3, -0.25) is 9.89 Å². The van der Waals surface area contributed by atoms with Crippen LogP contribution in [0.25, 0.3) is 0 Å². The number of carbonyl (C=O) groups excluding carboxylic acids is 1. The van der Waals surface area contributed by atoms with Gasteiger partial charge >= 0.3 is 6.09 Å². The van der Waals surface area contributed by atoms with Crippen LogP contribution in [0.1, 0.15) is 27.2 Å². The van der Waals surface area contributed by atoms with Crippen LogP contribution < -0.4 is 5.73 Å². The van der Waals surface area contributed by atoms with Gasteiger partial charge in [-0.2, -0.15) is 0 Å². The predicted molar refractivity (Wildman–Crippen MR) is 68.6 cm³/mol. The van der Waals surface area contributed by atoms with Gasteiger partial charge in [0.1, 0.15) is 11.1 Å². The molecular weight excluding hydrogens is 238 g/mol. The molecule has 2 rings (SSSR count). The van der Waals surface area contributed by atoms with Gasteiger partial charge in [0.2, 0.25) is 0 Å². The third-order valence-electron chi connectivity index (χ3n) is 2.31. The van der Waals surface area contributed by atoms with E-state index in [-0.39, 0.29) is 11.6 Å². The number of hydrogen-bond acceptors (Lipinski definition) is 5. The maximum Gasteiger partial charge on any atom is 0.414 e. The second kappa shape index (κ2) is 4.34. The molecule has 0 aromatic carbocycles. The van der Waals surface area contributed by atoms with Crippen molar-refractivity contribution in [2.45, 2.75) is 38.3 Å². The Kier molecular flexibility index (Phi) is 3.18. The van der Waals surface area contributed by atoms with E-state index in [0.29, 0.717) is 6.54 Å². The lowest BCUT2D eigenvalue weighted by molar-refractivity contribution is 0.0336. The Morgan fingerprint density at radius 3 is 3.00 bits per heavy atom. The molecule has 2 heterocycles. The molecule has 1 atom stereocenters. The van der Waals surface area contributed by atoms with Gasteiger partial charge in [-0.25, -0.2) is 4.79 Å². The Bertz CT molecular complexity index is 398. The number of hydrogen-bond donors (Lipinski definition) is 1. The minimum absolute atomic E-state index is 0.227. The van der Waals surface area contributed by atoms with E-state index >= 15 is 0 Å². The molecule has 5 nitrogen and oxygen atoms in total. The van der Waals surface area contributed by atoms with Crippen LogP contribution in [0.15, 0.2) is 16.1 Å². The lowest BCUT2D eigenvalue weighted by Crippen LogP contribution is -2.36. The van der Waals surface area contributed by atoms with E-state index < -0.39 is 5.60 Å². The lowest BCUT2D eigenvalue weighted by Gasteiger charge is -2.27. The molecule has 2 aliphatic heterocycles. The first kappa shape index (κ1) is 12.4. The number of nitrogens with two attached hydrogens (primary N) is 1. The monoisotopic (exact) mass is 255 g/mol. The van der Waals surface area contributed by atoms with Crippen LogP contribution in [-0.4, -0.2) is 34.3 Å². The Morgan fingerprint density at radius 1 is 1.65 bits per heavy atom. The molecule has 2 aliphatic rings. The van der Waals surface area contributed by atoms with E-state index in [4.69, 9.17) is 10.5 Å². The van der Waals surface area contributed by atoms with E-state index in [1.807, 2.05) is 20.8 Å². The van der Waals surface area contributed by atoms with E-state index in [1.54, 1.807) is 11.1 Å². The summed E-state index contributed by atoms with van der Waals surface area (Å²) in [6.07, 6.45) is 2.21. The molecule has 0 aromatic rings. The minimum atomic E-state index is -0.469. The number of nitrogens with zero attached hydrogens (tertiary/aromatic N) is 2. The summed E-state index contributed by atoms with van der Waals surface area (Å²) in [4.78, 5) is 18.7. The molecule has 0 aliphatic carbocycles. The number of carbonyl (C=O) groups is 1. The maximum atomic E-state index is 11.9. The molecular formula is C11H17N3O2S. The van der Waals surface area contributed by atoms with Crippen molar-refractivity contribution in [1.29, 1.82) is 0 Å². The average molecular weight is 255 g/mol. The number of allylic oxidation sites excluding steroid dienone is 1. The third kappa shape index (κ3) is 3.01. The van der Waals surface area contributed by atoms with Crippen molar-refractivity contribution in [3.63, 3.8) is 0 Å². The van der Waals surface area contributed by atoms with E-state index in [9.17, 15) is 4.79 Å². The Balaban J connectivity index is 2.06. The summed E-state index contributed by atoms with van der Waals surface area (Å²) < 4.78 is 5.31. The van der Waals surface area contributed by atoms with Gasteiger partial charge in [0, 0.05) is 24.1 Å². The largest absolute Gasteiger partial charge is 0.443 e. The summed E-state index contributed by atoms with van der Waals surface area (Å²) in [7, 11) is 0. The number of amides is 1. The summed E-state index contributed by atoms with van der Waals surface area (Å²) in [6.45, 7) is 6.17. The normalized spacial score (nSPS) is 24.0. The number of aliphatic imine (C=N–C) groups is 1. The van der Waals surface area contributed by atoms with Gasteiger partial charge in [0.15, 0.2) is 0 Å². The standard InChI is InChI=1S/C11H17N3O2S/c1-11(2,3)16-10(15)14-5-4-7-8(6-14)17-9(12)13-7/h6,9H,4-5,12H2,1-3H3. The fourth-order valence-electron chi connectivity index (χ4n) is 1.63. The van der Waals surface area contributed by atoms with Gasteiger partial charge in [-0.1, -0.05) is 11.8 Å². The SMILES string of the molecule is CC(C)(C)OC(=O)N1C=C2SC(N)N=C2CC1. The van der Waals surface area contributed by atoms with Crippen LogP contribution >= 0.6 is 11.8 Å². The van der Waals surface area contributed by atoms with E-state index in [2.05, 4.69) is 4.99 Å². The summed E-state index contributed by atoms with van der Waals surface area (Å²) in [5.74, 6) is 0. The van der Waals surface area contributed by atoms with Gasteiger partial charge in [-0.15, -0.1) is 0 Å². The second-order valence-corrected chi connectivity index (χ2v) is 6.16. The summed E-state index contributed by atoms with van der Waals surface area (Å²) in [5.41, 5.74) is 6.02. The highest BCUT2D eigenvalue weighted by Crippen LogP contribution is 2.33. The molecule has 0 fully saturated rings. The lowest BCUT2D eigenvalue weighted by atomic mass is 10.2. The quantitative estimate of drug-likeness (QED) is 0.718. The highest BCUT2D eigenvalue weighted by atomic mass is 32.2. The smallest absolute Gasteiger partial charge is 0.414 e. The van der Waals surface area contributed by atoms with Crippen LogP contribution in [0.3, 0.4) is 0 Å². The number of fused-ring (bicyclic) bond motifs is 1. The molecule has 0 radical (unpaired) electrons. The molecule has 1 unspecified atom stereocenters. The van der Waals surface area contributed by atoms with Crippen LogP contribution in [0.4, 0.5) is 4.79 Å². The highest BCUT2D eigenvalue weighted by molar-refractivity contribution is 8.04. The molecule has 0 spiro atoms. The maximum absolute atomic E-state index is 11.9. The molecule has 0 saturated heterocycles. The molecule has 17 heavy (non-hydrogen) atoms. The predicted octanol–water partition coefficient (Wildman–Crippen LogP) is 1.90. The van der Waals surface area contributed by atoms with Crippen LogP contribution in [0, 0.1) is 0 Å². The first-order valence-corrected chi connectivity index (χ1v) is 6.44. The average Bonchev–Trinajstić information content (AvgIpc) is 2.53. The number of ether oxygens (including phenoxy) is 1. The van der Waals surface area contributed by atoms with Crippen LogP contribution in [-0.2, 0) is 4.74 Å². The van der Waals surface area contributed by atoms with Crippen molar-refractivity contribution in [1.82, 2.24) is 4.90 Å². The molecule has 6 heteroatoms. The van der Waals surface area contributed by atoms with E-state index in [0.717, 1.165) is 17.0 Å². The molecule has 0 bridgehead atoms. The fraction of sp³-hybridized carbons (Fsp3) is 0.636. The fourth-order valence-corrected chi connectivity index (χ4v) is 2.55. The number of thioether (sulfide) groups is 1. The minimum Gasteiger partial charge on any atom is -0.443 e. The molecule has 94 valence electrons. The van der Waals surface area contributed by atoms with Gasteiger partial charge < -0.3 is 10.5 Å². The topological polar surface area (TPSA) is 67.9 Å².